The van der Waals surface area contributed by atoms with Crippen LogP contribution in [-0.2, 0) is 16.3 Å². The Hall–Kier alpha value is -1.08. The van der Waals surface area contributed by atoms with Crippen LogP contribution in [0.4, 0.5) is 13.2 Å². The molecule has 0 amide bonds. The van der Waals surface area contributed by atoms with E-state index in [9.17, 15) is 21.6 Å². The predicted molar refractivity (Wildman–Crippen MR) is 66.5 cm³/mol. The van der Waals surface area contributed by atoms with Crippen molar-refractivity contribution in [2.24, 2.45) is 0 Å². The Balaban J connectivity index is 3.24. The third-order valence-electron chi connectivity index (χ3n) is 2.93. The normalized spacial score (nSPS) is 14.4. The molecule has 7 heteroatoms. The van der Waals surface area contributed by atoms with E-state index in [-0.39, 0.29) is 18.0 Å². The molecule has 0 aromatic heterocycles. The lowest BCUT2D eigenvalue weighted by Crippen LogP contribution is -2.29. The summed E-state index contributed by atoms with van der Waals surface area (Å²) in [5.41, 5.74) is -5.09. The summed E-state index contributed by atoms with van der Waals surface area (Å²) in [6.45, 7) is 1.88. The monoisotopic (exact) mass is 295 g/mol. The standard InChI is InChI=1S/C12H16F3NO2S/c1-3-10(16-2)8-9-6-4-5-7-11(9)19(17,18)12(13,14)15/h4-7,10,16H,3,8H2,1-2H3. The summed E-state index contributed by atoms with van der Waals surface area (Å²) in [6, 6.07) is 5.18. The Bertz CT molecular complexity index is 522. The van der Waals surface area contributed by atoms with Gasteiger partial charge in [-0.1, -0.05) is 25.1 Å². The fourth-order valence-corrected chi connectivity index (χ4v) is 2.78. The van der Waals surface area contributed by atoms with E-state index in [2.05, 4.69) is 5.32 Å². The van der Waals surface area contributed by atoms with Gasteiger partial charge in [0.1, 0.15) is 0 Å². The summed E-state index contributed by atoms with van der Waals surface area (Å²) in [5, 5.41) is 2.94. The maximum Gasteiger partial charge on any atom is 0.501 e. The lowest BCUT2D eigenvalue weighted by Gasteiger charge is -2.17. The van der Waals surface area contributed by atoms with Crippen molar-refractivity contribution in [1.82, 2.24) is 5.32 Å². The van der Waals surface area contributed by atoms with E-state index in [0.29, 0.717) is 6.42 Å². The topological polar surface area (TPSA) is 46.2 Å². The van der Waals surface area contributed by atoms with Crippen molar-refractivity contribution in [3.63, 3.8) is 0 Å². The van der Waals surface area contributed by atoms with Gasteiger partial charge in [0.05, 0.1) is 4.90 Å². The third kappa shape index (κ3) is 3.48. The van der Waals surface area contributed by atoms with Crippen molar-refractivity contribution in [3.05, 3.63) is 29.8 Å². The van der Waals surface area contributed by atoms with Crippen LogP contribution in [0.15, 0.2) is 29.2 Å². The minimum atomic E-state index is -5.30. The van der Waals surface area contributed by atoms with Gasteiger partial charge < -0.3 is 5.32 Å². The van der Waals surface area contributed by atoms with Crippen molar-refractivity contribution in [2.75, 3.05) is 7.05 Å². The second kappa shape index (κ2) is 5.92. The molecule has 1 aromatic rings. The summed E-state index contributed by atoms with van der Waals surface area (Å²) < 4.78 is 60.8. The molecule has 1 N–H and O–H groups in total. The van der Waals surface area contributed by atoms with Gasteiger partial charge in [-0.15, -0.1) is 0 Å². The molecule has 0 aliphatic heterocycles. The lowest BCUT2D eigenvalue weighted by molar-refractivity contribution is -0.0436. The molecular weight excluding hydrogens is 279 g/mol. The number of benzene rings is 1. The molecule has 1 aromatic carbocycles. The van der Waals surface area contributed by atoms with Crippen LogP contribution in [0.3, 0.4) is 0 Å². The molecule has 1 atom stereocenters. The molecule has 0 fully saturated rings. The first kappa shape index (κ1) is 16.0. The highest BCUT2D eigenvalue weighted by molar-refractivity contribution is 7.92. The Morgan fingerprint density at radius 2 is 1.84 bits per heavy atom. The van der Waals surface area contributed by atoms with E-state index in [0.717, 1.165) is 6.07 Å². The number of hydrogen-bond acceptors (Lipinski definition) is 3. The first-order valence-electron chi connectivity index (χ1n) is 5.80. The molecule has 0 spiro atoms. The summed E-state index contributed by atoms with van der Waals surface area (Å²) in [4.78, 5) is -0.656. The summed E-state index contributed by atoms with van der Waals surface area (Å²) >= 11 is 0. The highest BCUT2D eigenvalue weighted by atomic mass is 32.2. The van der Waals surface area contributed by atoms with E-state index in [4.69, 9.17) is 0 Å². The maximum absolute atomic E-state index is 12.6. The highest BCUT2D eigenvalue weighted by Crippen LogP contribution is 2.32. The Kier molecular flexibility index (Phi) is 4.98. The maximum atomic E-state index is 12.6. The van der Waals surface area contributed by atoms with Crippen LogP contribution in [0.2, 0.25) is 0 Å². The van der Waals surface area contributed by atoms with Crippen LogP contribution in [0.25, 0.3) is 0 Å². The number of nitrogens with one attached hydrogen (secondary N) is 1. The first-order valence-corrected chi connectivity index (χ1v) is 7.28. The van der Waals surface area contributed by atoms with E-state index < -0.39 is 20.2 Å². The van der Waals surface area contributed by atoms with Crippen LogP contribution in [0.1, 0.15) is 18.9 Å². The van der Waals surface area contributed by atoms with Crippen molar-refractivity contribution in [3.8, 4) is 0 Å². The number of hydrogen-bond donors (Lipinski definition) is 1. The Labute approximate surface area is 110 Å². The van der Waals surface area contributed by atoms with E-state index in [1.54, 1.807) is 7.05 Å². The number of rotatable bonds is 5. The number of halogens is 3. The van der Waals surface area contributed by atoms with Gasteiger partial charge in [-0.3, -0.25) is 0 Å². The number of sulfone groups is 1. The molecule has 0 aliphatic carbocycles. The van der Waals surface area contributed by atoms with Gasteiger partial charge in [0, 0.05) is 6.04 Å². The quantitative estimate of drug-likeness (QED) is 0.908. The molecule has 0 bridgehead atoms. The van der Waals surface area contributed by atoms with Gasteiger partial charge in [0.2, 0.25) is 0 Å². The molecule has 1 rings (SSSR count). The van der Waals surface area contributed by atoms with E-state index >= 15 is 0 Å². The largest absolute Gasteiger partial charge is 0.501 e. The number of likely N-dealkylation sites (N-methyl/N-ethyl adjacent to an activating group) is 1. The molecule has 0 heterocycles. The molecule has 0 aliphatic rings. The SMILES string of the molecule is CCC(Cc1ccccc1S(=O)(=O)C(F)(F)F)NC. The molecule has 108 valence electrons. The molecule has 3 nitrogen and oxygen atoms in total. The second-order valence-corrected chi connectivity index (χ2v) is 6.06. The van der Waals surface area contributed by atoms with Crippen LogP contribution >= 0.6 is 0 Å². The molecule has 0 saturated carbocycles. The van der Waals surface area contributed by atoms with Crippen molar-refractivity contribution >= 4 is 9.84 Å². The van der Waals surface area contributed by atoms with Gasteiger partial charge in [-0.25, -0.2) is 8.42 Å². The lowest BCUT2D eigenvalue weighted by atomic mass is 10.0. The summed E-state index contributed by atoms with van der Waals surface area (Å²) in [6.07, 6.45) is 0.926. The average molecular weight is 295 g/mol. The molecule has 0 radical (unpaired) electrons. The minimum absolute atomic E-state index is 0.0652. The fraction of sp³-hybridized carbons (Fsp3) is 0.500. The van der Waals surface area contributed by atoms with Gasteiger partial charge in [0.25, 0.3) is 9.84 Å². The zero-order valence-electron chi connectivity index (χ0n) is 10.7. The van der Waals surface area contributed by atoms with Crippen LogP contribution in [0.5, 0.6) is 0 Å². The fourth-order valence-electron chi connectivity index (χ4n) is 1.78. The van der Waals surface area contributed by atoms with Gasteiger partial charge in [-0.2, -0.15) is 13.2 Å². The van der Waals surface area contributed by atoms with Gasteiger partial charge in [-0.05, 0) is 31.5 Å². The molecule has 0 saturated heterocycles. The van der Waals surface area contributed by atoms with Crippen molar-refractivity contribution in [2.45, 2.75) is 36.2 Å². The predicted octanol–water partition coefficient (Wildman–Crippen LogP) is 2.52. The van der Waals surface area contributed by atoms with Gasteiger partial charge >= 0.3 is 5.51 Å². The molecule has 19 heavy (non-hydrogen) atoms. The van der Waals surface area contributed by atoms with Crippen molar-refractivity contribution < 1.29 is 21.6 Å². The van der Waals surface area contributed by atoms with E-state index in [1.165, 1.54) is 18.2 Å². The van der Waals surface area contributed by atoms with Crippen molar-refractivity contribution in [1.29, 1.82) is 0 Å². The summed E-state index contributed by atoms with van der Waals surface area (Å²) in [5.74, 6) is 0. The molecular formula is C12H16F3NO2S. The number of alkyl halides is 3. The zero-order valence-corrected chi connectivity index (χ0v) is 11.5. The smallest absolute Gasteiger partial charge is 0.317 e. The first-order chi connectivity index (χ1) is 8.74. The second-order valence-electron chi connectivity index (χ2n) is 4.15. The third-order valence-corrected chi connectivity index (χ3v) is 4.52. The van der Waals surface area contributed by atoms with Gasteiger partial charge in [0.15, 0.2) is 0 Å². The summed E-state index contributed by atoms with van der Waals surface area (Å²) in [7, 11) is -3.61. The van der Waals surface area contributed by atoms with Crippen LogP contribution in [-0.4, -0.2) is 27.0 Å². The Morgan fingerprint density at radius 1 is 1.26 bits per heavy atom. The average Bonchev–Trinajstić information content (AvgIpc) is 2.35. The van der Waals surface area contributed by atoms with Crippen LogP contribution < -0.4 is 5.32 Å². The zero-order chi connectivity index (χ0) is 14.7. The Morgan fingerprint density at radius 3 is 2.32 bits per heavy atom. The van der Waals surface area contributed by atoms with Crippen LogP contribution in [0, 0.1) is 0 Å². The highest BCUT2D eigenvalue weighted by Gasteiger charge is 2.47. The minimum Gasteiger partial charge on any atom is -0.317 e. The molecule has 1 unspecified atom stereocenters. The van der Waals surface area contributed by atoms with E-state index in [1.807, 2.05) is 6.92 Å².